The van der Waals surface area contributed by atoms with E-state index < -0.39 is 16.0 Å². The molecule has 0 aromatic heterocycles. The first-order valence-electron chi connectivity index (χ1n) is 11.0. The van der Waals surface area contributed by atoms with E-state index >= 15 is 0 Å². The van der Waals surface area contributed by atoms with Crippen molar-refractivity contribution < 1.29 is 27.5 Å². The Bertz CT molecular complexity index is 1080. The number of hydrogen-bond acceptors (Lipinski definition) is 6. The van der Waals surface area contributed by atoms with E-state index in [1.54, 1.807) is 36.4 Å². The molecule has 0 aliphatic carbocycles. The smallest absolute Gasteiger partial charge is 0.337 e. The lowest BCUT2D eigenvalue weighted by Gasteiger charge is -2.30. The van der Waals surface area contributed by atoms with Crippen molar-refractivity contribution in [2.45, 2.75) is 50.5 Å². The van der Waals surface area contributed by atoms with Crippen molar-refractivity contribution in [1.82, 2.24) is 4.31 Å². The fourth-order valence-electron chi connectivity index (χ4n) is 3.74. The van der Waals surface area contributed by atoms with Crippen molar-refractivity contribution >= 4 is 22.0 Å². The van der Waals surface area contributed by atoms with Gasteiger partial charge in [-0.15, -0.1) is 0 Å². The van der Waals surface area contributed by atoms with Gasteiger partial charge in [-0.05, 0) is 53.6 Å². The van der Waals surface area contributed by atoms with Gasteiger partial charge in [0, 0.05) is 13.1 Å². The average Bonchev–Trinajstić information content (AvgIpc) is 2.82. The molecule has 8 heteroatoms. The highest BCUT2D eigenvalue weighted by Gasteiger charge is 2.33. The number of benzene rings is 2. The summed E-state index contributed by atoms with van der Waals surface area (Å²) in [6.45, 7) is 6.89. The van der Waals surface area contributed by atoms with E-state index in [1.165, 1.54) is 11.4 Å². The molecule has 1 saturated heterocycles. The maximum absolute atomic E-state index is 13.0. The van der Waals surface area contributed by atoms with Gasteiger partial charge in [-0.3, -0.25) is 4.79 Å². The number of sulfonamides is 1. The maximum atomic E-state index is 13.0. The minimum absolute atomic E-state index is 0.0512. The third-order valence-corrected chi connectivity index (χ3v) is 7.81. The third-order valence-electron chi connectivity index (χ3n) is 5.90. The molecule has 178 valence electrons. The molecule has 0 amide bonds. The molecular formula is C25H31NO6S. The second-order valence-corrected chi connectivity index (χ2v) is 11.2. The van der Waals surface area contributed by atoms with Crippen molar-refractivity contribution in [3.8, 4) is 0 Å². The SMILES string of the molecule is COC(=O)c1ccc(COC(=O)C2CCN(S(=O)(=O)c3ccc(C(C)(C)C)cc3)CC2)cc1. The van der Waals surface area contributed by atoms with Crippen molar-refractivity contribution in [3.63, 3.8) is 0 Å². The molecule has 0 bridgehead atoms. The van der Waals surface area contributed by atoms with Crippen LogP contribution >= 0.6 is 0 Å². The molecule has 1 aliphatic rings. The number of rotatable bonds is 6. The molecule has 7 nitrogen and oxygen atoms in total. The van der Waals surface area contributed by atoms with Gasteiger partial charge >= 0.3 is 11.9 Å². The quantitative estimate of drug-likeness (QED) is 0.591. The number of nitrogens with zero attached hydrogens (tertiary/aromatic N) is 1. The Morgan fingerprint density at radius 2 is 1.55 bits per heavy atom. The number of esters is 2. The molecule has 0 radical (unpaired) electrons. The van der Waals surface area contributed by atoms with Gasteiger partial charge in [0.1, 0.15) is 6.61 Å². The summed E-state index contributed by atoms with van der Waals surface area (Å²) in [4.78, 5) is 24.2. The summed E-state index contributed by atoms with van der Waals surface area (Å²) in [7, 11) is -2.28. The Morgan fingerprint density at radius 1 is 0.970 bits per heavy atom. The zero-order valence-corrected chi connectivity index (χ0v) is 20.4. The van der Waals surface area contributed by atoms with Gasteiger partial charge < -0.3 is 9.47 Å². The van der Waals surface area contributed by atoms with Crippen LogP contribution < -0.4 is 0 Å². The van der Waals surface area contributed by atoms with Crippen LogP contribution in [0, 0.1) is 5.92 Å². The Kier molecular flexibility index (Phi) is 7.59. The second kappa shape index (κ2) is 10.1. The van der Waals surface area contributed by atoms with Crippen LogP contribution in [0.2, 0.25) is 0 Å². The molecule has 0 saturated carbocycles. The minimum Gasteiger partial charge on any atom is -0.465 e. The largest absolute Gasteiger partial charge is 0.465 e. The lowest BCUT2D eigenvalue weighted by Crippen LogP contribution is -2.40. The predicted octanol–water partition coefficient (Wildman–Crippen LogP) is 3.91. The molecule has 0 atom stereocenters. The first kappa shape index (κ1) is 24.9. The second-order valence-electron chi connectivity index (χ2n) is 9.25. The van der Waals surface area contributed by atoms with Crippen LogP contribution in [0.15, 0.2) is 53.4 Å². The van der Waals surface area contributed by atoms with Crippen molar-refractivity contribution in [1.29, 1.82) is 0 Å². The summed E-state index contributed by atoms with van der Waals surface area (Å²) < 4.78 is 37.5. The summed E-state index contributed by atoms with van der Waals surface area (Å²) in [6, 6.07) is 13.7. The molecule has 1 fully saturated rings. The van der Waals surface area contributed by atoms with Crippen molar-refractivity contribution in [2.75, 3.05) is 20.2 Å². The Balaban J connectivity index is 1.53. The topological polar surface area (TPSA) is 90.0 Å². The lowest BCUT2D eigenvalue weighted by atomic mass is 9.87. The van der Waals surface area contributed by atoms with Crippen molar-refractivity contribution in [3.05, 3.63) is 65.2 Å². The molecule has 33 heavy (non-hydrogen) atoms. The van der Waals surface area contributed by atoms with Gasteiger partial charge in [0.2, 0.25) is 10.0 Å². The number of hydrogen-bond donors (Lipinski definition) is 0. The van der Waals surface area contributed by atoms with E-state index in [0.717, 1.165) is 11.1 Å². The molecule has 2 aromatic carbocycles. The number of ether oxygens (including phenoxy) is 2. The van der Waals surface area contributed by atoms with Gasteiger partial charge in [0.05, 0.1) is 23.5 Å². The Morgan fingerprint density at radius 3 is 2.06 bits per heavy atom. The molecular weight excluding hydrogens is 442 g/mol. The first-order chi connectivity index (χ1) is 15.5. The molecule has 1 heterocycles. The van der Waals surface area contributed by atoms with Gasteiger partial charge in [-0.25, -0.2) is 13.2 Å². The monoisotopic (exact) mass is 473 g/mol. The summed E-state index contributed by atoms with van der Waals surface area (Å²) in [5.74, 6) is -1.10. The number of methoxy groups -OCH3 is 1. The minimum atomic E-state index is -3.60. The average molecular weight is 474 g/mol. The van der Waals surface area contributed by atoms with E-state index in [9.17, 15) is 18.0 Å². The standard InChI is InChI=1S/C25H31NO6S/c1-25(2,3)21-9-11-22(12-10-21)33(29,30)26-15-13-20(14-16-26)24(28)32-17-18-5-7-19(8-6-18)23(27)31-4/h5-12,20H,13-17H2,1-4H3. The van der Waals surface area contributed by atoms with Crippen LogP contribution in [-0.4, -0.2) is 44.9 Å². The van der Waals surface area contributed by atoms with Crippen LogP contribution in [-0.2, 0) is 36.3 Å². The zero-order chi connectivity index (χ0) is 24.2. The number of carbonyl (C=O) groups excluding carboxylic acids is 2. The Hall–Kier alpha value is -2.71. The lowest BCUT2D eigenvalue weighted by molar-refractivity contribution is -0.151. The van der Waals surface area contributed by atoms with E-state index in [4.69, 9.17) is 4.74 Å². The highest BCUT2D eigenvalue weighted by atomic mass is 32.2. The highest BCUT2D eigenvalue weighted by molar-refractivity contribution is 7.89. The summed E-state index contributed by atoms with van der Waals surface area (Å²) >= 11 is 0. The van der Waals surface area contributed by atoms with Crippen LogP contribution in [0.5, 0.6) is 0 Å². The summed E-state index contributed by atoms with van der Waals surface area (Å²) in [6.07, 6.45) is 0.832. The fourth-order valence-corrected chi connectivity index (χ4v) is 5.20. The van der Waals surface area contributed by atoms with Gasteiger partial charge in [-0.1, -0.05) is 45.0 Å². The number of carbonyl (C=O) groups is 2. The van der Waals surface area contributed by atoms with E-state index in [2.05, 4.69) is 25.5 Å². The third kappa shape index (κ3) is 6.00. The van der Waals surface area contributed by atoms with Crippen LogP contribution in [0.1, 0.15) is 55.1 Å². The fraction of sp³-hybridized carbons (Fsp3) is 0.440. The normalized spacial score (nSPS) is 15.8. The zero-order valence-electron chi connectivity index (χ0n) is 19.5. The van der Waals surface area contributed by atoms with Crippen molar-refractivity contribution in [2.24, 2.45) is 5.92 Å². The first-order valence-corrected chi connectivity index (χ1v) is 12.4. The van der Waals surface area contributed by atoms with Crippen LogP contribution in [0.4, 0.5) is 0 Å². The van der Waals surface area contributed by atoms with E-state index in [-0.39, 0.29) is 41.9 Å². The van der Waals surface area contributed by atoms with Gasteiger partial charge in [-0.2, -0.15) is 4.31 Å². The molecule has 2 aromatic rings. The maximum Gasteiger partial charge on any atom is 0.337 e. The van der Waals surface area contributed by atoms with Gasteiger partial charge in [0.25, 0.3) is 0 Å². The van der Waals surface area contributed by atoms with Crippen LogP contribution in [0.3, 0.4) is 0 Å². The van der Waals surface area contributed by atoms with E-state index in [0.29, 0.717) is 18.4 Å². The predicted molar refractivity (Wildman–Crippen MR) is 124 cm³/mol. The number of piperidine rings is 1. The molecule has 3 rings (SSSR count). The summed E-state index contributed by atoms with van der Waals surface area (Å²) in [5.41, 5.74) is 2.21. The Labute approximate surface area is 195 Å². The molecule has 0 unspecified atom stereocenters. The highest BCUT2D eigenvalue weighted by Crippen LogP contribution is 2.27. The van der Waals surface area contributed by atoms with Gasteiger partial charge in [0.15, 0.2) is 0 Å². The molecule has 1 aliphatic heterocycles. The molecule has 0 N–H and O–H groups in total. The van der Waals surface area contributed by atoms with Crippen LogP contribution in [0.25, 0.3) is 0 Å². The van der Waals surface area contributed by atoms with E-state index in [1.807, 2.05) is 12.1 Å². The molecule has 0 spiro atoms. The summed E-state index contributed by atoms with van der Waals surface area (Å²) in [5, 5.41) is 0.